The fourth-order valence-corrected chi connectivity index (χ4v) is 2.85. The van der Waals surface area contributed by atoms with Crippen LogP contribution in [0.1, 0.15) is 31.9 Å². The molecule has 1 atom stereocenters. The van der Waals surface area contributed by atoms with Crippen molar-refractivity contribution in [3.63, 3.8) is 0 Å². The smallest absolute Gasteiger partial charge is 0.242 e. The molecule has 0 radical (unpaired) electrons. The Kier molecular flexibility index (Phi) is 7.53. The van der Waals surface area contributed by atoms with E-state index in [2.05, 4.69) is 5.32 Å². The highest BCUT2D eigenvalue weighted by molar-refractivity contribution is 5.88. The summed E-state index contributed by atoms with van der Waals surface area (Å²) in [7, 11) is 0. The van der Waals surface area contributed by atoms with E-state index in [1.807, 2.05) is 44.2 Å². The van der Waals surface area contributed by atoms with E-state index in [9.17, 15) is 14.0 Å². The normalized spacial score (nSPS) is 11.9. The first-order valence-corrected chi connectivity index (χ1v) is 9.25. The Balaban J connectivity index is 2.12. The van der Waals surface area contributed by atoms with Crippen LogP contribution in [-0.2, 0) is 22.4 Å². The number of hydrogen-bond acceptors (Lipinski definition) is 2. The van der Waals surface area contributed by atoms with Gasteiger partial charge in [0.2, 0.25) is 11.8 Å². The second-order valence-electron chi connectivity index (χ2n) is 6.97. The average Bonchev–Trinajstić information content (AvgIpc) is 2.64. The van der Waals surface area contributed by atoms with E-state index in [4.69, 9.17) is 0 Å². The molecule has 2 aromatic rings. The molecule has 0 fully saturated rings. The van der Waals surface area contributed by atoms with Crippen LogP contribution in [0.15, 0.2) is 54.6 Å². The van der Waals surface area contributed by atoms with Crippen LogP contribution in [0.25, 0.3) is 0 Å². The Labute approximate surface area is 160 Å². The molecule has 0 aromatic heterocycles. The summed E-state index contributed by atoms with van der Waals surface area (Å²) in [5.41, 5.74) is 1.83. The molecule has 2 rings (SSSR count). The number of amides is 2. The van der Waals surface area contributed by atoms with Crippen LogP contribution in [0.4, 0.5) is 4.39 Å². The summed E-state index contributed by atoms with van der Waals surface area (Å²) in [6.07, 6.45) is 0.795. The quantitative estimate of drug-likeness (QED) is 0.775. The van der Waals surface area contributed by atoms with Crippen LogP contribution in [0, 0.1) is 5.82 Å². The molecule has 0 spiro atoms. The molecular weight excluding hydrogens is 343 g/mol. The minimum atomic E-state index is -0.580. The van der Waals surface area contributed by atoms with Crippen molar-refractivity contribution in [2.75, 3.05) is 6.54 Å². The minimum absolute atomic E-state index is 0.00289. The van der Waals surface area contributed by atoms with Gasteiger partial charge < -0.3 is 10.2 Å². The van der Waals surface area contributed by atoms with E-state index in [1.165, 1.54) is 12.1 Å². The van der Waals surface area contributed by atoms with Gasteiger partial charge in [0.25, 0.3) is 0 Å². The summed E-state index contributed by atoms with van der Waals surface area (Å²) < 4.78 is 13.1. The van der Waals surface area contributed by atoms with Gasteiger partial charge in [0.15, 0.2) is 0 Å². The lowest BCUT2D eigenvalue weighted by atomic mass is 10.1. The van der Waals surface area contributed by atoms with Gasteiger partial charge >= 0.3 is 0 Å². The fourth-order valence-electron chi connectivity index (χ4n) is 2.85. The van der Waals surface area contributed by atoms with Gasteiger partial charge in [-0.1, -0.05) is 42.5 Å². The van der Waals surface area contributed by atoms with E-state index in [0.717, 1.165) is 11.1 Å². The number of nitrogens with zero attached hydrogens (tertiary/aromatic N) is 1. The van der Waals surface area contributed by atoms with Crippen molar-refractivity contribution in [3.8, 4) is 0 Å². The molecular formula is C22H27FN2O2. The summed E-state index contributed by atoms with van der Waals surface area (Å²) in [6, 6.07) is 15.2. The first kappa shape index (κ1) is 20.6. The Hall–Kier alpha value is -2.69. The third kappa shape index (κ3) is 6.51. The summed E-state index contributed by atoms with van der Waals surface area (Å²) >= 11 is 0. The highest BCUT2D eigenvalue weighted by atomic mass is 19.1. The van der Waals surface area contributed by atoms with Crippen LogP contribution >= 0.6 is 0 Å². The van der Waals surface area contributed by atoms with Crippen molar-refractivity contribution >= 4 is 11.8 Å². The summed E-state index contributed by atoms with van der Waals surface area (Å²) in [5.74, 6) is -0.661. The monoisotopic (exact) mass is 370 g/mol. The molecule has 0 aliphatic carbocycles. The van der Waals surface area contributed by atoms with Crippen molar-refractivity contribution in [1.82, 2.24) is 10.2 Å². The lowest BCUT2D eigenvalue weighted by molar-refractivity contribution is -0.139. The number of rotatable bonds is 8. The van der Waals surface area contributed by atoms with E-state index in [0.29, 0.717) is 13.0 Å². The van der Waals surface area contributed by atoms with Gasteiger partial charge in [-0.05, 0) is 50.5 Å². The summed E-state index contributed by atoms with van der Waals surface area (Å²) in [5, 5.41) is 2.86. The molecule has 4 nitrogen and oxygen atoms in total. The molecule has 2 aromatic carbocycles. The average molecular weight is 370 g/mol. The largest absolute Gasteiger partial charge is 0.352 e. The van der Waals surface area contributed by atoms with Gasteiger partial charge in [0, 0.05) is 12.6 Å². The standard InChI is InChI=1S/C22H27FN2O2/c1-16(2)24-22(27)17(3)25(14-13-18-7-5-4-6-8-18)21(26)15-19-9-11-20(23)12-10-19/h4-12,16-17H,13-15H2,1-3H3,(H,24,27)/t17-/m0/s1. The Morgan fingerprint density at radius 1 is 0.963 bits per heavy atom. The van der Waals surface area contributed by atoms with Crippen molar-refractivity contribution in [1.29, 1.82) is 0 Å². The molecule has 0 aliphatic rings. The molecule has 5 heteroatoms. The highest BCUT2D eigenvalue weighted by Gasteiger charge is 2.26. The van der Waals surface area contributed by atoms with Crippen molar-refractivity contribution in [2.45, 2.75) is 45.7 Å². The Morgan fingerprint density at radius 2 is 1.59 bits per heavy atom. The number of hydrogen-bond donors (Lipinski definition) is 1. The molecule has 0 heterocycles. The summed E-state index contributed by atoms with van der Waals surface area (Å²) in [4.78, 5) is 27.0. The third-order valence-electron chi connectivity index (χ3n) is 4.35. The second kappa shape index (κ2) is 9.86. The predicted octanol–water partition coefficient (Wildman–Crippen LogP) is 3.35. The van der Waals surface area contributed by atoms with Gasteiger partial charge in [0.1, 0.15) is 11.9 Å². The molecule has 1 N–H and O–H groups in total. The number of halogens is 1. The zero-order valence-corrected chi connectivity index (χ0v) is 16.1. The Morgan fingerprint density at radius 3 is 2.19 bits per heavy atom. The zero-order valence-electron chi connectivity index (χ0n) is 16.1. The molecule has 0 bridgehead atoms. The SMILES string of the molecule is CC(C)NC(=O)[C@H](C)N(CCc1ccccc1)C(=O)Cc1ccc(F)cc1. The van der Waals surface area contributed by atoms with E-state index < -0.39 is 6.04 Å². The van der Waals surface area contributed by atoms with Gasteiger partial charge in [0.05, 0.1) is 6.42 Å². The zero-order chi connectivity index (χ0) is 19.8. The second-order valence-corrected chi connectivity index (χ2v) is 6.97. The topological polar surface area (TPSA) is 49.4 Å². The summed E-state index contributed by atoms with van der Waals surface area (Å²) in [6.45, 7) is 5.96. The number of carbonyl (C=O) groups excluding carboxylic acids is 2. The maximum absolute atomic E-state index is 13.1. The maximum Gasteiger partial charge on any atom is 0.242 e. The highest BCUT2D eigenvalue weighted by Crippen LogP contribution is 2.11. The molecule has 2 amide bonds. The fraction of sp³-hybridized carbons (Fsp3) is 0.364. The van der Waals surface area contributed by atoms with Crippen LogP contribution in [0.3, 0.4) is 0 Å². The lowest BCUT2D eigenvalue weighted by Gasteiger charge is -2.29. The molecule has 0 unspecified atom stereocenters. The van der Waals surface area contributed by atoms with E-state index in [1.54, 1.807) is 24.0 Å². The van der Waals surface area contributed by atoms with E-state index in [-0.39, 0.29) is 30.1 Å². The molecule has 0 saturated carbocycles. The van der Waals surface area contributed by atoms with Crippen molar-refractivity contribution in [3.05, 3.63) is 71.5 Å². The first-order chi connectivity index (χ1) is 12.9. The van der Waals surface area contributed by atoms with Gasteiger partial charge in [-0.3, -0.25) is 9.59 Å². The van der Waals surface area contributed by atoms with E-state index >= 15 is 0 Å². The minimum Gasteiger partial charge on any atom is -0.352 e. The number of carbonyl (C=O) groups is 2. The van der Waals surface area contributed by atoms with Crippen molar-refractivity contribution in [2.24, 2.45) is 0 Å². The predicted molar refractivity (Wildman–Crippen MR) is 105 cm³/mol. The van der Waals surface area contributed by atoms with Gasteiger partial charge in [-0.25, -0.2) is 4.39 Å². The molecule has 0 saturated heterocycles. The third-order valence-corrected chi connectivity index (χ3v) is 4.35. The Bertz CT molecular complexity index is 745. The van der Waals surface area contributed by atoms with Crippen LogP contribution in [0.5, 0.6) is 0 Å². The van der Waals surface area contributed by atoms with Crippen LogP contribution in [0.2, 0.25) is 0 Å². The molecule has 27 heavy (non-hydrogen) atoms. The van der Waals surface area contributed by atoms with Gasteiger partial charge in [-0.2, -0.15) is 0 Å². The number of benzene rings is 2. The first-order valence-electron chi connectivity index (χ1n) is 9.25. The number of nitrogens with one attached hydrogen (secondary N) is 1. The maximum atomic E-state index is 13.1. The van der Waals surface area contributed by atoms with Crippen LogP contribution in [-0.4, -0.2) is 35.3 Å². The molecule has 144 valence electrons. The van der Waals surface area contributed by atoms with Gasteiger partial charge in [-0.15, -0.1) is 0 Å². The van der Waals surface area contributed by atoms with Crippen LogP contribution < -0.4 is 5.32 Å². The molecule has 0 aliphatic heterocycles. The lowest BCUT2D eigenvalue weighted by Crippen LogP contribution is -2.50. The van der Waals surface area contributed by atoms with Crippen molar-refractivity contribution < 1.29 is 14.0 Å².